The van der Waals surface area contributed by atoms with Crippen LogP contribution < -0.4 is 10.5 Å². The van der Waals surface area contributed by atoms with E-state index in [4.69, 9.17) is 14.9 Å². The number of rotatable bonds is 2. The van der Waals surface area contributed by atoms with Crippen LogP contribution in [0.4, 0.5) is 0 Å². The predicted octanol–water partition coefficient (Wildman–Crippen LogP) is 3.99. The summed E-state index contributed by atoms with van der Waals surface area (Å²) in [7, 11) is 1.63. The Balaban J connectivity index is 2.75. The fraction of sp³-hybridized carbons (Fsp3) is 0.273. The van der Waals surface area contributed by atoms with Crippen molar-refractivity contribution in [3.8, 4) is 5.75 Å². The number of halogens is 2. The Kier molecular flexibility index (Phi) is 3.28. The van der Waals surface area contributed by atoms with Crippen molar-refractivity contribution in [3.05, 3.63) is 26.8 Å². The van der Waals surface area contributed by atoms with Crippen LogP contribution >= 0.6 is 31.9 Å². The number of ether oxygens (including phenoxy) is 1. The zero-order valence-electron chi connectivity index (χ0n) is 8.88. The van der Waals surface area contributed by atoms with Crippen LogP contribution in [0.1, 0.15) is 18.7 Å². The molecule has 2 rings (SSSR count). The highest BCUT2D eigenvalue weighted by molar-refractivity contribution is 9.11. The van der Waals surface area contributed by atoms with Crippen molar-refractivity contribution in [2.75, 3.05) is 7.11 Å². The minimum absolute atomic E-state index is 0.128. The molecule has 0 aliphatic carbocycles. The second kappa shape index (κ2) is 4.39. The first-order valence-corrected chi connectivity index (χ1v) is 6.34. The van der Waals surface area contributed by atoms with Crippen molar-refractivity contribution >= 4 is 42.8 Å². The van der Waals surface area contributed by atoms with Crippen LogP contribution in [0.15, 0.2) is 25.5 Å². The van der Waals surface area contributed by atoms with Crippen LogP contribution in [0.5, 0.6) is 5.75 Å². The number of benzene rings is 1. The molecule has 1 aromatic carbocycles. The first-order valence-electron chi connectivity index (χ1n) is 4.75. The lowest BCUT2D eigenvalue weighted by Gasteiger charge is -2.04. The van der Waals surface area contributed by atoms with Crippen molar-refractivity contribution in [2.24, 2.45) is 5.73 Å². The van der Waals surface area contributed by atoms with Gasteiger partial charge in [-0.2, -0.15) is 0 Å². The Morgan fingerprint density at radius 3 is 2.62 bits per heavy atom. The zero-order valence-corrected chi connectivity index (χ0v) is 12.1. The largest absolute Gasteiger partial charge is 0.496 e. The molecule has 0 radical (unpaired) electrons. The number of hydrogen-bond acceptors (Lipinski definition) is 3. The van der Waals surface area contributed by atoms with Gasteiger partial charge >= 0.3 is 0 Å². The van der Waals surface area contributed by atoms with E-state index >= 15 is 0 Å². The predicted molar refractivity (Wildman–Crippen MR) is 70.8 cm³/mol. The number of nitrogens with two attached hydrogens (primary N) is 1. The number of furan rings is 1. The molecule has 2 aromatic rings. The monoisotopic (exact) mass is 347 g/mol. The SMILES string of the molecule is COc1cc(Br)c2oc(C(C)N)cc2c1Br. The van der Waals surface area contributed by atoms with Crippen LogP contribution in [0.2, 0.25) is 0 Å². The van der Waals surface area contributed by atoms with Gasteiger partial charge in [0.25, 0.3) is 0 Å². The molecule has 86 valence electrons. The van der Waals surface area contributed by atoms with E-state index in [0.29, 0.717) is 0 Å². The highest BCUT2D eigenvalue weighted by Gasteiger charge is 2.16. The van der Waals surface area contributed by atoms with E-state index in [1.165, 1.54) is 0 Å². The van der Waals surface area contributed by atoms with E-state index in [1.807, 2.05) is 19.1 Å². The smallest absolute Gasteiger partial charge is 0.149 e. The molecule has 0 bridgehead atoms. The molecule has 0 spiro atoms. The summed E-state index contributed by atoms with van der Waals surface area (Å²) in [5.74, 6) is 1.51. The highest BCUT2D eigenvalue weighted by Crippen LogP contribution is 2.40. The Bertz CT molecular complexity index is 534. The minimum atomic E-state index is -0.128. The van der Waals surface area contributed by atoms with Gasteiger partial charge in [0, 0.05) is 5.39 Å². The standard InChI is InChI=1S/C11H11Br2NO2/c1-5(14)8-3-6-10(13)9(15-2)4-7(12)11(6)16-8/h3-5H,14H2,1-2H3. The average molecular weight is 349 g/mol. The lowest BCUT2D eigenvalue weighted by Crippen LogP contribution is -2.02. The second-order valence-electron chi connectivity index (χ2n) is 3.55. The van der Waals surface area contributed by atoms with Gasteiger partial charge in [-0.1, -0.05) is 0 Å². The number of fused-ring (bicyclic) bond motifs is 1. The van der Waals surface area contributed by atoms with Gasteiger partial charge in [-0.25, -0.2) is 0 Å². The summed E-state index contributed by atoms with van der Waals surface area (Å²) in [6.45, 7) is 1.89. The van der Waals surface area contributed by atoms with Crippen LogP contribution in [0.3, 0.4) is 0 Å². The molecule has 0 saturated carbocycles. The Morgan fingerprint density at radius 1 is 1.38 bits per heavy atom. The zero-order chi connectivity index (χ0) is 11.9. The summed E-state index contributed by atoms with van der Waals surface area (Å²) >= 11 is 6.94. The van der Waals surface area contributed by atoms with E-state index in [2.05, 4.69) is 31.9 Å². The first-order chi connectivity index (χ1) is 7.54. The van der Waals surface area contributed by atoms with Crippen molar-refractivity contribution in [3.63, 3.8) is 0 Å². The van der Waals surface area contributed by atoms with E-state index < -0.39 is 0 Å². The highest BCUT2D eigenvalue weighted by atomic mass is 79.9. The fourth-order valence-corrected chi connectivity index (χ4v) is 2.57. The van der Waals surface area contributed by atoms with Gasteiger partial charge in [0.15, 0.2) is 0 Å². The molecule has 3 nitrogen and oxygen atoms in total. The van der Waals surface area contributed by atoms with Crippen molar-refractivity contribution in [1.82, 2.24) is 0 Å². The van der Waals surface area contributed by atoms with Gasteiger partial charge < -0.3 is 14.9 Å². The maximum atomic E-state index is 5.79. The van der Waals surface area contributed by atoms with Crippen molar-refractivity contribution in [2.45, 2.75) is 13.0 Å². The maximum Gasteiger partial charge on any atom is 0.149 e. The molecule has 0 saturated heterocycles. The first kappa shape index (κ1) is 12.0. The van der Waals surface area contributed by atoms with Gasteiger partial charge in [0.05, 0.1) is 22.1 Å². The molecule has 1 aromatic heterocycles. The topological polar surface area (TPSA) is 48.4 Å². The summed E-state index contributed by atoms with van der Waals surface area (Å²) in [6, 6.07) is 3.66. The third kappa shape index (κ3) is 1.87. The van der Waals surface area contributed by atoms with Crippen LogP contribution in [0, 0.1) is 0 Å². The Labute approximate surface area is 110 Å². The molecule has 0 amide bonds. The third-order valence-electron chi connectivity index (χ3n) is 2.35. The molecule has 2 N–H and O–H groups in total. The van der Waals surface area contributed by atoms with E-state index in [0.717, 1.165) is 31.4 Å². The summed E-state index contributed by atoms with van der Waals surface area (Å²) < 4.78 is 12.7. The molecule has 1 unspecified atom stereocenters. The second-order valence-corrected chi connectivity index (χ2v) is 5.20. The van der Waals surface area contributed by atoms with Crippen LogP contribution in [0.25, 0.3) is 11.0 Å². The molecule has 0 fully saturated rings. The normalized spacial score (nSPS) is 13.1. The average Bonchev–Trinajstić information content (AvgIpc) is 2.68. The van der Waals surface area contributed by atoms with Gasteiger partial charge in [-0.15, -0.1) is 0 Å². The summed E-state index contributed by atoms with van der Waals surface area (Å²) in [6.07, 6.45) is 0. The molecule has 1 atom stereocenters. The van der Waals surface area contributed by atoms with Crippen LogP contribution in [-0.4, -0.2) is 7.11 Å². The molecular formula is C11H11Br2NO2. The van der Waals surface area contributed by atoms with E-state index in [9.17, 15) is 0 Å². The Morgan fingerprint density at radius 2 is 2.06 bits per heavy atom. The van der Waals surface area contributed by atoms with E-state index in [-0.39, 0.29) is 6.04 Å². The lowest BCUT2D eigenvalue weighted by atomic mass is 10.2. The van der Waals surface area contributed by atoms with E-state index in [1.54, 1.807) is 7.11 Å². The molecule has 0 aliphatic rings. The molecule has 1 heterocycles. The molecule has 5 heteroatoms. The maximum absolute atomic E-state index is 5.79. The summed E-state index contributed by atoms with van der Waals surface area (Å²) in [5, 5.41) is 0.957. The number of hydrogen-bond donors (Lipinski definition) is 1. The van der Waals surface area contributed by atoms with Gasteiger partial charge in [-0.05, 0) is 50.9 Å². The van der Waals surface area contributed by atoms with Gasteiger partial charge in [-0.3, -0.25) is 0 Å². The Hall–Kier alpha value is -0.520. The van der Waals surface area contributed by atoms with Gasteiger partial charge in [0.2, 0.25) is 0 Å². The summed E-state index contributed by atoms with van der Waals surface area (Å²) in [5.41, 5.74) is 6.57. The number of methoxy groups -OCH3 is 1. The van der Waals surface area contributed by atoms with Crippen molar-refractivity contribution in [1.29, 1.82) is 0 Å². The van der Waals surface area contributed by atoms with Crippen LogP contribution in [-0.2, 0) is 0 Å². The quantitative estimate of drug-likeness (QED) is 0.892. The molecular weight excluding hydrogens is 338 g/mol. The minimum Gasteiger partial charge on any atom is -0.496 e. The lowest BCUT2D eigenvalue weighted by molar-refractivity contribution is 0.412. The molecule has 0 aliphatic heterocycles. The van der Waals surface area contributed by atoms with Crippen molar-refractivity contribution < 1.29 is 9.15 Å². The summed E-state index contributed by atoms with van der Waals surface area (Å²) in [4.78, 5) is 0. The third-order valence-corrected chi connectivity index (χ3v) is 3.75. The van der Waals surface area contributed by atoms with Gasteiger partial charge in [0.1, 0.15) is 17.1 Å². The molecule has 16 heavy (non-hydrogen) atoms. The fourth-order valence-electron chi connectivity index (χ4n) is 1.50.